The molecule has 5 rings (SSSR count). The molecule has 1 saturated heterocycles. The molecule has 0 spiro atoms. The van der Waals surface area contributed by atoms with Crippen molar-refractivity contribution in [2.75, 3.05) is 32.5 Å². The molecule has 3 N–H and O–H groups in total. The lowest BCUT2D eigenvalue weighted by atomic mass is 10.1. The number of halogens is 4. The SMILES string of the molecule is CN(C)C1CCN(Cc2cc(Nc3nc4ncc(OC(=CN)c5cnccn5)c(Cl)c4n3C)cc(C(F)(F)F)c2)C1. The summed E-state index contributed by atoms with van der Waals surface area (Å²) >= 11 is 6.68. The minimum atomic E-state index is -4.51. The fourth-order valence-electron chi connectivity index (χ4n) is 4.80. The zero-order valence-corrected chi connectivity index (χ0v) is 23.4. The number of benzene rings is 1. The van der Waals surface area contributed by atoms with Crippen LogP contribution >= 0.6 is 11.6 Å². The van der Waals surface area contributed by atoms with Crippen LogP contribution in [-0.4, -0.2) is 67.5 Å². The van der Waals surface area contributed by atoms with Gasteiger partial charge in [-0.2, -0.15) is 18.2 Å². The molecule has 1 aliphatic heterocycles. The highest BCUT2D eigenvalue weighted by molar-refractivity contribution is 6.36. The molecule has 10 nitrogen and oxygen atoms in total. The number of rotatable bonds is 8. The van der Waals surface area contributed by atoms with Gasteiger partial charge >= 0.3 is 6.18 Å². The summed E-state index contributed by atoms with van der Waals surface area (Å²) in [5.74, 6) is 0.668. The van der Waals surface area contributed by atoms with Crippen LogP contribution in [0, 0.1) is 0 Å². The molecule has 0 saturated carbocycles. The first-order chi connectivity index (χ1) is 19.5. The smallest absolute Gasteiger partial charge is 0.416 e. The van der Waals surface area contributed by atoms with Gasteiger partial charge in [0.2, 0.25) is 5.95 Å². The average Bonchev–Trinajstić information content (AvgIpc) is 3.53. The van der Waals surface area contributed by atoms with E-state index in [2.05, 4.69) is 35.1 Å². The second-order valence-electron chi connectivity index (χ2n) is 10.0. The van der Waals surface area contributed by atoms with E-state index in [1.165, 1.54) is 37.1 Å². The number of fused-ring (bicyclic) bond motifs is 1. The van der Waals surface area contributed by atoms with Crippen LogP contribution < -0.4 is 15.8 Å². The summed E-state index contributed by atoms with van der Waals surface area (Å²) in [5.41, 5.74) is 6.89. The van der Waals surface area contributed by atoms with Gasteiger partial charge in [0, 0.05) is 57.0 Å². The number of anilines is 2. The Bertz CT molecular complexity index is 1570. The molecule has 0 amide bonds. The van der Waals surface area contributed by atoms with Crippen LogP contribution in [0.15, 0.2) is 49.2 Å². The number of ether oxygens (including phenoxy) is 1. The summed E-state index contributed by atoms with van der Waals surface area (Å²) < 4.78 is 49.0. The van der Waals surface area contributed by atoms with E-state index in [0.29, 0.717) is 29.4 Å². The largest absolute Gasteiger partial charge is 0.450 e. The molecule has 14 heteroatoms. The normalized spacial score (nSPS) is 16.6. The lowest BCUT2D eigenvalue weighted by molar-refractivity contribution is -0.137. The first-order valence-electron chi connectivity index (χ1n) is 12.8. The van der Waals surface area contributed by atoms with Crippen LogP contribution in [0.25, 0.3) is 16.9 Å². The van der Waals surface area contributed by atoms with E-state index in [9.17, 15) is 13.2 Å². The molecule has 1 aromatic carbocycles. The highest BCUT2D eigenvalue weighted by Crippen LogP contribution is 2.36. The third kappa shape index (κ3) is 6.21. The molecule has 4 heterocycles. The third-order valence-corrected chi connectivity index (χ3v) is 7.32. The van der Waals surface area contributed by atoms with Crippen LogP contribution in [0.3, 0.4) is 0 Å². The molecule has 0 bridgehead atoms. The van der Waals surface area contributed by atoms with E-state index in [1.54, 1.807) is 17.7 Å². The summed E-state index contributed by atoms with van der Waals surface area (Å²) in [6.07, 6.45) is 3.58. The van der Waals surface area contributed by atoms with Crippen molar-refractivity contribution in [1.29, 1.82) is 0 Å². The number of aromatic nitrogens is 5. The summed E-state index contributed by atoms with van der Waals surface area (Å²) in [4.78, 5) is 21.3. The average molecular weight is 588 g/mol. The van der Waals surface area contributed by atoms with Gasteiger partial charge in [-0.15, -0.1) is 0 Å². The van der Waals surface area contributed by atoms with Crippen molar-refractivity contribution in [2.45, 2.75) is 25.2 Å². The molecule has 1 unspecified atom stereocenters. The molecule has 216 valence electrons. The van der Waals surface area contributed by atoms with Gasteiger partial charge in [-0.05, 0) is 44.3 Å². The molecular formula is C27H29ClF3N9O. The molecule has 4 aromatic rings. The Morgan fingerprint density at radius 3 is 2.68 bits per heavy atom. The Hall–Kier alpha value is -3.94. The van der Waals surface area contributed by atoms with Gasteiger partial charge in [-0.25, -0.2) is 9.97 Å². The summed E-state index contributed by atoms with van der Waals surface area (Å²) in [6, 6.07) is 4.35. The molecule has 1 atom stereocenters. The zero-order chi connectivity index (χ0) is 29.3. The maximum atomic E-state index is 13.8. The predicted octanol–water partition coefficient (Wildman–Crippen LogP) is 4.65. The Labute approximate surface area is 239 Å². The van der Waals surface area contributed by atoms with E-state index in [4.69, 9.17) is 22.1 Å². The van der Waals surface area contributed by atoms with Crippen LogP contribution in [0.2, 0.25) is 5.02 Å². The number of alkyl halides is 3. The molecule has 0 radical (unpaired) electrons. The molecule has 1 fully saturated rings. The maximum Gasteiger partial charge on any atom is 0.416 e. The number of nitrogens with zero attached hydrogens (tertiary/aromatic N) is 7. The van der Waals surface area contributed by atoms with E-state index in [0.717, 1.165) is 25.6 Å². The topological polar surface area (TPSA) is 110 Å². The lowest BCUT2D eigenvalue weighted by Crippen LogP contribution is -2.31. The second-order valence-corrected chi connectivity index (χ2v) is 10.4. The number of imidazole rings is 1. The molecule has 1 aliphatic rings. The van der Waals surface area contributed by atoms with Crippen molar-refractivity contribution in [3.8, 4) is 5.75 Å². The summed E-state index contributed by atoms with van der Waals surface area (Å²) in [5, 5.41) is 3.22. The molecule has 0 aliphatic carbocycles. The first kappa shape index (κ1) is 28.6. The lowest BCUT2D eigenvalue weighted by Gasteiger charge is -2.21. The predicted molar refractivity (Wildman–Crippen MR) is 150 cm³/mol. The number of nitrogens with one attached hydrogen (secondary N) is 1. The van der Waals surface area contributed by atoms with Crippen LogP contribution in [0.1, 0.15) is 23.2 Å². The van der Waals surface area contributed by atoms with Crippen LogP contribution in [0.5, 0.6) is 5.75 Å². The number of nitrogens with two attached hydrogens (primary N) is 1. The Kier molecular flexibility index (Phi) is 8.02. The number of aryl methyl sites for hydroxylation is 1. The Morgan fingerprint density at radius 2 is 2.02 bits per heavy atom. The van der Waals surface area contributed by atoms with Gasteiger partial charge in [0.25, 0.3) is 0 Å². The van der Waals surface area contributed by atoms with Crippen molar-refractivity contribution in [3.63, 3.8) is 0 Å². The summed E-state index contributed by atoms with van der Waals surface area (Å²) in [7, 11) is 5.70. The number of hydrogen-bond acceptors (Lipinski definition) is 9. The standard InChI is InChI=1S/C27H29ClF3N9O/c1-38(2)19-4-7-40(15-19)14-16-8-17(27(29,30)31)10-18(9-16)36-26-37-25-24(39(26)3)23(28)22(13-35-25)41-21(11-32)20-12-33-5-6-34-20/h5-6,8-13,19H,4,7,14-15,32H2,1-3H3,(H,35,36,37). The monoisotopic (exact) mass is 587 g/mol. The molecular weight excluding hydrogens is 559 g/mol. The van der Waals surface area contributed by atoms with Crippen molar-refractivity contribution < 1.29 is 17.9 Å². The van der Waals surface area contributed by atoms with Gasteiger partial charge in [0.05, 0.1) is 18.0 Å². The Balaban J connectivity index is 1.43. The number of likely N-dealkylation sites (tertiary alicyclic amines) is 1. The highest BCUT2D eigenvalue weighted by Gasteiger charge is 2.32. The number of pyridine rings is 1. The quantitative estimate of drug-likeness (QED) is 0.285. The first-order valence-corrected chi connectivity index (χ1v) is 13.1. The van der Waals surface area contributed by atoms with Gasteiger partial charge in [0.1, 0.15) is 16.2 Å². The van der Waals surface area contributed by atoms with Gasteiger partial charge in [-0.3, -0.25) is 9.88 Å². The van der Waals surface area contributed by atoms with Crippen LogP contribution in [-0.2, 0) is 19.8 Å². The minimum Gasteiger partial charge on any atom is -0.450 e. The van der Waals surface area contributed by atoms with E-state index >= 15 is 0 Å². The maximum absolute atomic E-state index is 13.8. The van der Waals surface area contributed by atoms with E-state index < -0.39 is 11.7 Å². The minimum absolute atomic E-state index is 0.190. The van der Waals surface area contributed by atoms with Crippen molar-refractivity contribution in [1.82, 2.24) is 34.3 Å². The fourth-order valence-corrected chi connectivity index (χ4v) is 5.09. The molecule has 3 aromatic heterocycles. The zero-order valence-electron chi connectivity index (χ0n) is 22.7. The van der Waals surface area contributed by atoms with Crippen molar-refractivity contribution >= 4 is 40.2 Å². The fraction of sp³-hybridized carbons (Fsp3) is 0.333. The summed E-state index contributed by atoms with van der Waals surface area (Å²) in [6.45, 7) is 2.02. The Morgan fingerprint density at radius 1 is 1.22 bits per heavy atom. The van der Waals surface area contributed by atoms with Crippen molar-refractivity contribution in [2.24, 2.45) is 12.8 Å². The van der Waals surface area contributed by atoms with Gasteiger partial charge in [0.15, 0.2) is 17.2 Å². The van der Waals surface area contributed by atoms with E-state index in [1.807, 2.05) is 14.1 Å². The number of hydrogen-bond donors (Lipinski definition) is 2. The second kappa shape index (κ2) is 11.5. The van der Waals surface area contributed by atoms with Crippen molar-refractivity contribution in [3.05, 3.63) is 71.0 Å². The van der Waals surface area contributed by atoms with E-state index in [-0.39, 0.29) is 33.8 Å². The number of likely N-dealkylation sites (N-methyl/N-ethyl adjacent to an activating group) is 1. The molecule has 41 heavy (non-hydrogen) atoms. The highest BCUT2D eigenvalue weighted by atomic mass is 35.5. The van der Waals surface area contributed by atoms with Gasteiger partial charge in [-0.1, -0.05) is 11.6 Å². The van der Waals surface area contributed by atoms with Crippen LogP contribution in [0.4, 0.5) is 24.8 Å². The third-order valence-electron chi connectivity index (χ3n) is 6.95. The van der Waals surface area contributed by atoms with Gasteiger partial charge < -0.3 is 25.3 Å².